The summed E-state index contributed by atoms with van der Waals surface area (Å²) in [5.41, 5.74) is -1.55. The van der Waals surface area contributed by atoms with Gasteiger partial charge in [-0.2, -0.15) is 35.1 Å². The van der Waals surface area contributed by atoms with Crippen molar-refractivity contribution in [3.63, 3.8) is 0 Å². The molecule has 1 heterocycles. The predicted octanol–water partition coefficient (Wildman–Crippen LogP) is 5.01. The van der Waals surface area contributed by atoms with E-state index in [2.05, 4.69) is 9.72 Å². The van der Waals surface area contributed by atoms with Crippen molar-refractivity contribution in [2.75, 3.05) is 6.54 Å². The molecule has 0 aliphatic heterocycles. The van der Waals surface area contributed by atoms with E-state index in [1.54, 1.807) is 0 Å². The molecule has 184 valence electrons. The number of alkyl halides is 10. The zero-order valence-electron chi connectivity index (χ0n) is 16.3. The van der Waals surface area contributed by atoms with E-state index in [0.29, 0.717) is 6.07 Å². The first kappa shape index (κ1) is 26.6. The van der Waals surface area contributed by atoms with Crippen molar-refractivity contribution in [3.05, 3.63) is 29.6 Å². The molecule has 14 heteroatoms. The first-order valence-corrected chi connectivity index (χ1v) is 9.45. The van der Waals surface area contributed by atoms with Gasteiger partial charge in [-0.25, -0.2) is 13.8 Å². The molecule has 1 aliphatic rings. The molecule has 1 aromatic heterocycles. The summed E-state index contributed by atoms with van der Waals surface area (Å²) in [6.07, 6.45) is -23.2. The molecule has 4 nitrogen and oxygen atoms in total. The quantitative estimate of drug-likeness (QED) is 0.525. The number of nitrogens with zero attached hydrogens (tertiary/aromatic N) is 2. The summed E-state index contributed by atoms with van der Waals surface area (Å²) in [5, 5.41) is 9.46. The number of aliphatic hydroxyl groups excluding tert-OH is 1. The van der Waals surface area contributed by atoms with Gasteiger partial charge in [-0.15, -0.1) is 0 Å². The van der Waals surface area contributed by atoms with Crippen LogP contribution in [0.15, 0.2) is 18.2 Å². The monoisotopic (exact) mass is 486 g/mol. The number of aromatic nitrogens is 1. The molecule has 0 aromatic carbocycles. The third kappa shape index (κ3) is 7.44. The van der Waals surface area contributed by atoms with E-state index in [0.717, 1.165) is 17.0 Å². The van der Waals surface area contributed by atoms with Crippen molar-refractivity contribution < 1.29 is 53.7 Å². The normalized spacial score (nSPS) is 21.9. The Morgan fingerprint density at radius 1 is 1.06 bits per heavy atom. The van der Waals surface area contributed by atoms with E-state index < -0.39 is 61.9 Å². The minimum Gasteiger partial charge on any atom is -0.382 e. The van der Waals surface area contributed by atoms with Gasteiger partial charge in [0.1, 0.15) is 5.69 Å². The van der Waals surface area contributed by atoms with Crippen molar-refractivity contribution in [1.82, 2.24) is 9.88 Å². The summed E-state index contributed by atoms with van der Waals surface area (Å²) in [4.78, 5) is 4.32. The van der Waals surface area contributed by atoms with Crippen molar-refractivity contribution in [3.8, 4) is 0 Å². The van der Waals surface area contributed by atoms with E-state index in [4.69, 9.17) is 0 Å². The molecule has 3 unspecified atom stereocenters. The number of hydrogen-bond acceptors (Lipinski definition) is 4. The minimum absolute atomic E-state index is 0.0592. The Labute approximate surface area is 176 Å². The second-order valence-corrected chi connectivity index (χ2v) is 7.42. The second-order valence-electron chi connectivity index (χ2n) is 7.42. The van der Waals surface area contributed by atoms with Crippen molar-refractivity contribution in [2.45, 2.75) is 75.4 Å². The molecule has 0 bridgehead atoms. The lowest BCUT2D eigenvalue weighted by molar-refractivity contribution is -0.322. The van der Waals surface area contributed by atoms with Gasteiger partial charge >= 0.3 is 24.9 Å². The molecule has 0 amide bonds. The van der Waals surface area contributed by atoms with Crippen molar-refractivity contribution >= 4 is 0 Å². The molecule has 1 N–H and O–H groups in total. The number of ether oxygens (including phenoxy) is 1. The van der Waals surface area contributed by atoms with Gasteiger partial charge < -0.3 is 9.84 Å². The Kier molecular flexibility index (Phi) is 8.37. The lowest BCUT2D eigenvalue weighted by Crippen LogP contribution is -2.48. The lowest BCUT2D eigenvalue weighted by atomic mass is 9.91. The number of hydrogen-bond donors (Lipinski definition) is 1. The van der Waals surface area contributed by atoms with Gasteiger partial charge in [0.25, 0.3) is 0 Å². The molecule has 1 aromatic rings. The van der Waals surface area contributed by atoms with Gasteiger partial charge in [0.05, 0.1) is 11.8 Å². The van der Waals surface area contributed by atoms with Crippen LogP contribution >= 0.6 is 0 Å². The van der Waals surface area contributed by atoms with Crippen LogP contribution in [0.1, 0.15) is 37.1 Å². The fourth-order valence-electron chi connectivity index (χ4n) is 3.43. The summed E-state index contributed by atoms with van der Waals surface area (Å²) in [6, 6.07) is 1.83. The van der Waals surface area contributed by atoms with Gasteiger partial charge in [-0.3, -0.25) is 4.90 Å². The Morgan fingerprint density at radius 3 is 2.28 bits per heavy atom. The molecule has 2 rings (SSSR count). The standard InChI is InChI=1S/C18H20F10N2O2/c19-15(20)18(27,28)32-12-5-2-4-11(7-12)30(9-14(31)17(24,25)26)8-10-3-1-6-13(29-10)16(21,22)23/h1,3,6,11-12,14-15,31H,2,4-5,7-9H2. The Hall–Kier alpha value is -1.67. The van der Waals surface area contributed by atoms with Crippen molar-refractivity contribution in [2.24, 2.45) is 0 Å². The SMILES string of the molecule is OC(CN(Cc1cccc(C(F)(F)F)n1)C1CCCC(OC(F)(F)C(F)F)C1)C(F)(F)F. The van der Waals surface area contributed by atoms with Crippen LogP contribution in [0.25, 0.3) is 0 Å². The maximum Gasteiger partial charge on any atom is 0.433 e. The fourth-order valence-corrected chi connectivity index (χ4v) is 3.43. The highest BCUT2D eigenvalue weighted by molar-refractivity contribution is 5.14. The zero-order chi connectivity index (χ0) is 24.3. The number of halogens is 10. The number of pyridine rings is 1. The van der Waals surface area contributed by atoms with Gasteiger partial charge in [0.15, 0.2) is 6.10 Å². The molecule has 32 heavy (non-hydrogen) atoms. The molecule has 0 spiro atoms. The van der Waals surface area contributed by atoms with Gasteiger partial charge in [0, 0.05) is 19.1 Å². The van der Waals surface area contributed by atoms with E-state index in [1.165, 1.54) is 0 Å². The van der Waals surface area contributed by atoms with E-state index in [9.17, 15) is 49.0 Å². The van der Waals surface area contributed by atoms with Gasteiger partial charge in [0.2, 0.25) is 0 Å². The topological polar surface area (TPSA) is 45.6 Å². The van der Waals surface area contributed by atoms with E-state index >= 15 is 0 Å². The number of rotatable bonds is 8. The van der Waals surface area contributed by atoms with Crippen LogP contribution in [-0.4, -0.2) is 58.5 Å². The van der Waals surface area contributed by atoms with Crippen LogP contribution in [-0.2, 0) is 17.5 Å². The molecule has 1 saturated carbocycles. The third-order valence-corrected chi connectivity index (χ3v) is 4.94. The molecular weight excluding hydrogens is 466 g/mol. The fraction of sp³-hybridized carbons (Fsp3) is 0.722. The molecule has 1 aliphatic carbocycles. The first-order chi connectivity index (χ1) is 14.6. The maximum atomic E-state index is 13.2. The predicted molar refractivity (Wildman–Crippen MR) is 89.8 cm³/mol. The van der Waals surface area contributed by atoms with Crippen LogP contribution in [0.2, 0.25) is 0 Å². The van der Waals surface area contributed by atoms with E-state index in [1.807, 2.05) is 0 Å². The average molecular weight is 486 g/mol. The first-order valence-electron chi connectivity index (χ1n) is 9.45. The summed E-state index contributed by atoms with van der Waals surface area (Å²) in [7, 11) is 0. The van der Waals surface area contributed by atoms with Crippen LogP contribution in [0.3, 0.4) is 0 Å². The third-order valence-electron chi connectivity index (χ3n) is 4.94. The zero-order valence-corrected chi connectivity index (χ0v) is 16.3. The highest BCUT2D eigenvalue weighted by Gasteiger charge is 2.46. The molecule has 1 fully saturated rings. The van der Waals surface area contributed by atoms with Gasteiger partial charge in [-0.05, 0) is 37.8 Å². The summed E-state index contributed by atoms with van der Waals surface area (Å²) >= 11 is 0. The maximum absolute atomic E-state index is 13.2. The van der Waals surface area contributed by atoms with Crippen LogP contribution in [0.5, 0.6) is 0 Å². The lowest BCUT2D eigenvalue weighted by Gasteiger charge is -2.39. The highest BCUT2D eigenvalue weighted by Crippen LogP contribution is 2.34. The van der Waals surface area contributed by atoms with E-state index in [-0.39, 0.29) is 31.4 Å². The highest BCUT2D eigenvalue weighted by atomic mass is 19.4. The van der Waals surface area contributed by atoms with Crippen LogP contribution < -0.4 is 0 Å². The smallest absolute Gasteiger partial charge is 0.382 e. The summed E-state index contributed by atoms with van der Waals surface area (Å²) in [6.45, 7) is -1.65. The average Bonchev–Trinajstić information content (AvgIpc) is 2.66. The summed E-state index contributed by atoms with van der Waals surface area (Å²) in [5.74, 6) is 0. The molecule has 3 atom stereocenters. The molecular formula is C18H20F10N2O2. The van der Waals surface area contributed by atoms with Crippen LogP contribution in [0.4, 0.5) is 43.9 Å². The molecule has 0 radical (unpaired) electrons. The summed E-state index contributed by atoms with van der Waals surface area (Å²) < 4.78 is 133. The van der Waals surface area contributed by atoms with Crippen molar-refractivity contribution in [1.29, 1.82) is 0 Å². The Balaban J connectivity index is 2.23. The number of aliphatic hydroxyl groups is 1. The Morgan fingerprint density at radius 2 is 1.72 bits per heavy atom. The second kappa shape index (κ2) is 10.1. The van der Waals surface area contributed by atoms with Crippen LogP contribution in [0, 0.1) is 0 Å². The Bertz CT molecular complexity index is 741. The molecule has 0 saturated heterocycles. The van der Waals surface area contributed by atoms with Gasteiger partial charge in [-0.1, -0.05) is 6.07 Å². The largest absolute Gasteiger partial charge is 0.433 e. The minimum atomic E-state index is -5.05.